The number of nitrogens with zero attached hydrogens (tertiary/aromatic N) is 1. The van der Waals surface area contributed by atoms with Gasteiger partial charge in [0.2, 0.25) is 0 Å². The summed E-state index contributed by atoms with van der Waals surface area (Å²) in [6.45, 7) is 2.30. The van der Waals surface area contributed by atoms with Crippen LogP contribution in [0.4, 0.5) is 5.69 Å². The minimum absolute atomic E-state index is 0.0300. The minimum atomic E-state index is -0.441. The minimum Gasteiger partial charge on any atom is -0.330 e. The number of non-ortho nitro benzene ring substituents is 1. The second kappa shape index (κ2) is 4.39. The molecule has 0 aliphatic carbocycles. The summed E-state index contributed by atoms with van der Waals surface area (Å²) in [5.41, 5.74) is 6.24. The molecule has 0 spiro atoms. The number of nitro benzene ring substituents is 1. The third-order valence-corrected chi connectivity index (χ3v) is 2.42. The number of nitrogens with two attached hydrogens (primary N) is 1. The first-order valence-electron chi connectivity index (χ1n) is 4.20. The molecule has 0 aliphatic rings. The average molecular weight is 215 g/mol. The summed E-state index contributed by atoms with van der Waals surface area (Å²) < 4.78 is 0. The first-order chi connectivity index (χ1) is 6.56. The highest BCUT2D eigenvalue weighted by atomic mass is 35.5. The molecule has 0 bridgehead atoms. The number of benzene rings is 1. The lowest BCUT2D eigenvalue weighted by atomic mass is 10.0. The molecule has 4 nitrogen and oxygen atoms in total. The van der Waals surface area contributed by atoms with E-state index in [1.54, 1.807) is 0 Å². The number of hydrogen-bond donors (Lipinski definition) is 1. The normalized spacial score (nSPS) is 12.5. The first kappa shape index (κ1) is 10.9. The van der Waals surface area contributed by atoms with E-state index in [0.29, 0.717) is 11.6 Å². The van der Waals surface area contributed by atoms with Gasteiger partial charge in [-0.2, -0.15) is 0 Å². The summed E-state index contributed by atoms with van der Waals surface area (Å²) in [5, 5.41) is 11.0. The lowest BCUT2D eigenvalue weighted by Crippen LogP contribution is -2.09. The Balaban J connectivity index is 3.14. The fraction of sp³-hybridized carbons (Fsp3) is 0.333. The second-order valence-electron chi connectivity index (χ2n) is 3.10. The molecule has 1 rings (SSSR count). The molecular formula is C9H11ClN2O2. The molecule has 14 heavy (non-hydrogen) atoms. The molecular weight excluding hydrogens is 204 g/mol. The second-order valence-corrected chi connectivity index (χ2v) is 3.51. The molecule has 0 fully saturated rings. The van der Waals surface area contributed by atoms with Crippen molar-refractivity contribution in [3.8, 4) is 0 Å². The highest BCUT2D eigenvalue weighted by Crippen LogP contribution is 2.27. The van der Waals surface area contributed by atoms with E-state index in [2.05, 4.69) is 0 Å². The van der Waals surface area contributed by atoms with E-state index >= 15 is 0 Å². The van der Waals surface area contributed by atoms with Crippen molar-refractivity contribution in [2.45, 2.75) is 12.8 Å². The number of hydrogen-bond acceptors (Lipinski definition) is 3. The molecule has 0 saturated carbocycles. The van der Waals surface area contributed by atoms with Crippen molar-refractivity contribution in [2.75, 3.05) is 6.54 Å². The maximum absolute atomic E-state index is 10.5. The van der Waals surface area contributed by atoms with E-state index in [9.17, 15) is 10.1 Å². The summed E-state index contributed by atoms with van der Waals surface area (Å²) in [4.78, 5) is 10.1. The summed E-state index contributed by atoms with van der Waals surface area (Å²) in [6.07, 6.45) is 0. The number of nitro groups is 1. The van der Waals surface area contributed by atoms with E-state index in [1.807, 2.05) is 6.92 Å². The van der Waals surface area contributed by atoms with Gasteiger partial charge in [-0.15, -0.1) is 0 Å². The predicted octanol–water partition coefficient (Wildman–Crippen LogP) is 2.31. The Morgan fingerprint density at radius 2 is 2.29 bits per heavy atom. The van der Waals surface area contributed by atoms with Crippen LogP contribution in [-0.4, -0.2) is 11.5 Å². The molecule has 0 aromatic heterocycles. The summed E-state index contributed by atoms with van der Waals surface area (Å²) >= 11 is 5.90. The summed E-state index contributed by atoms with van der Waals surface area (Å²) in [6, 6.07) is 4.39. The van der Waals surface area contributed by atoms with Crippen LogP contribution in [0.1, 0.15) is 18.4 Å². The van der Waals surface area contributed by atoms with E-state index < -0.39 is 4.92 Å². The van der Waals surface area contributed by atoms with Gasteiger partial charge in [-0.25, -0.2) is 0 Å². The van der Waals surface area contributed by atoms with Gasteiger partial charge in [0.1, 0.15) is 0 Å². The zero-order valence-electron chi connectivity index (χ0n) is 7.74. The molecule has 0 aliphatic heterocycles. The Labute approximate surface area is 86.8 Å². The topological polar surface area (TPSA) is 69.2 Å². The number of rotatable bonds is 3. The predicted molar refractivity (Wildman–Crippen MR) is 55.6 cm³/mol. The van der Waals surface area contributed by atoms with Crippen molar-refractivity contribution in [1.82, 2.24) is 0 Å². The van der Waals surface area contributed by atoms with Crippen LogP contribution >= 0.6 is 11.6 Å². The molecule has 1 atom stereocenters. The van der Waals surface area contributed by atoms with Crippen molar-refractivity contribution in [3.05, 3.63) is 38.9 Å². The van der Waals surface area contributed by atoms with Crippen LogP contribution in [0.3, 0.4) is 0 Å². The van der Waals surface area contributed by atoms with E-state index in [4.69, 9.17) is 17.3 Å². The standard InChI is InChI=1S/C9H11ClN2O2/c1-6(5-11)8-4-7(12(13)14)2-3-9(8)10/h2-4,6H,5,11H2,1H3. The smallest absolute Gasteiger partial charge is 0.269 e. The van der Waals surface area contributed by atoms with Crippen LogP contribution in [0, 0.1) is 10.1 Å². The summed E-state index contributed by atoms with van der Waals surface area (Å²) in [7, 11) is 0. The largest absolute Gasteiger partial charge is 0.330 e. The molecule has 1 aromatic rings. The van der Waals surface area contributed by atoms with Crippen LogP contribution in [-0.2, 0) is 0 Å². The third kappa shape index (κ3) is 2.21. The average Bonchev–Trinajstić information content (AvgIpc) is 2.17. The highest BCUT2D eigenvalue weighted by Gasteiger charge is 2.13. The van der Waals surface area contributed by atoms with Gasteiger partial charge in [0.25, 0.3) is 5.69 Å². The van der Waals surface area contributed by atoms with Crippen LogP contribution < -0.4 is 5.73 Å². The molecule has 1 unspecified atom stereocenters. The lowest BCUT2D eigenvalue weighted by Gasteiger charge is -2.10. The Hall–Kier alpha value is -1.13. The van der Waals surface area contributed by atoms with E-state index in [0.717, 1.165) is 5.56 Å². The van der Waals surface area contributed by atoms with Crippen molar-refractivity contribution >= 4 is 17.3 Å². The van der Waals surface area contributed by atoms with E-state index in [-0.39, 0.29) is 11.6 Å². The molecule has 76 valence electrons. The molecule has 0 radical (unpaired) electrons. The van der Waals surface area contributed by atoms with Gasteiger partial charge in [-0.3, -0.25) is 10.1 Å². The molecule has 1 aromatic carbocycles. The fourth-order valence-electron chi connectivity index (χ4n) is 1.15. The van der Waals surface area contributed by atoms with Crippen molar-refractivity contribution in [2.24, 2.45) is 5.73 Å². The molecule has 0 heterocycles. The molecule has 2 N–H and O–H groups in total. The molecule has 5 heteroatoms. The van der Waals surface area contributed by atoms with Gasteiger partial charge in [0.15, 0.2) is 0 Å². The van der Waals surface area contributed by atoms with Crippen molar-refractivity contribution in [1.29, 1.82) is 0 Å². The van der Waals surface area contributed by atoms with E-state index in [1.165, 1.54) is 18.2 Å². The third-order valence-electron chi connectivity index (χ3n) is 2.07. The Bertz CT molecular complexity index is 355. The summed E-state index contributed by atoms with van der Waals surface area (Å²) in [5.74, 6) is 0.0300. The SMILES string of the molecule is CC(CN)c1cc([N+](=O)[O-])ccc1Cl. The quantitative estimate of drug-likeness (QED) is 0.620. The Morgan fingerprint density at radius 1 is 1.64 bits per heavy atom. The van der Waals surface area contributed by atoms with Gasteiger partial charge in [-0.1, -0.05) is 18.5 Å². The van der Waals surface area contributed by atoms with Crippen LogP contribution in [0.2, 0.25) is 5.02 Å². The first-order valence-corrected chi connectivity index (χ1v) is 4.58. The van der Waals surface area contributed by atoms with Gasteiger partial charge in [0, 0.05) is 17.2 Å². The zero-order valence-corrected chi connectivity index (χ0v) is 8.49. The fourth-order valence-corrected chi connectivity index (χ4v) is 1.45. The van der Waals surface area contributed by atoms with Gasteiger partial charge in [0.05, 0.1) is 4.92 Å². The molecule has 0 amide bonds. The van der Waals surface area contributed by atoms with Crippen LogP contribution in [0.25, 0.3) is 0 Å². The van der Waals surface area contributed by atoms with Gasteiger partial charge < -0.3 is 5.73 Å². The van der Waals surface area contributed by atoms with Gasteiger partial charge in [-0.05, 0) is 24.1 Å². The maximum atomic E-state index is 10.5. The Kier molecular flexibility index (Phi) is 3.43. The van der Waals surface area contributed by atoms with Crippen molar-refractivity contribution in [3.63, 3.8) is 0 Å². The monoisotopic (exact) mass is 214 g/mol. The van der Waals surface area contributed by atoms with Crippen LogP contribution in [0.15, 0.2) is 18.2 Å². The maximum Gasteiger partial charge on any atom is 0.269 e. The van der Waals surface area contributed by atoms with Crippen LogP contribution in [0.5, 0.6) is 0 Å². The van der Waals surface area contributed by atoms with Crippen molar-refractivity contribution < 1.29 is 4.92 Å². The zero-order chi connectivity index (χ0) is 10.7. The highest BCUT2D eigenvalue weighted by molar-refractivity contribution is 6.31. The lowest BCUT2D eigenvalue weighted by molar-refractivity contribution is -0.384. The number of halogens is 1. The Morgan fingerprint density at radius 3 is 2.79 bits per heavy atom. The van der Waals surface area contributed by atoms with Gasteiger partial charge >= 0.3 is 0 Å². The molecule has 0 saturated heterocycles.